The Balaban J connectivity index is 2.34. The summed E-state index contributed by atoms with van der Waals surface area (Å²) < 4.78 is 45.2. The highest BCUT2D eigenvalue weighted by molar-refractivity contribution is 6.18. The van der Waals surface area contributed by atoms with Crippen molar-refractivity contribution < 1.29 is 22.6 Å². The molecule has 2 nitrogen and oxygen atoms in total. The van der Waals surface area contributed by atoms with E-state index in [-0.39, 0.29) is 13.2 Å². The third kappa shape index (κ3) is 7.93. The van der Waals surface area contributed by atoms with Crippen LogP contribution in [-0.2, 0) is 4.74 Å². The molecular weight excluding hydrogens is 293 g/mol. The van der Waals surface area contributed by atoms with E-state index in [1.165, 1.54) is 0 Å². The van der Waals surface area contributed by atoms with Crippen LogP contribution < -0.4 is 4.74 Å². The van der Waals surface area contributed by atoms with Gasteiger partial charge in [0, 0.05) is 17.9 Å². The van der Waals surface area contributed by atoms with Crippen LogP contribution in [0, 0.1) is 11.8 Å². The fourth-order valence-electron chi connectivity index (χ4n) is 1.28. The normalized spacial score (nSPS) is 10.8. The Kier molecular flexibility index (Phi) is 7.27. The fourth-order valence-corrected chi connectivity index (χ4v) is 1.38. The third-order valence-corrected chi connectivity index (χ3v) is 2.24. The van der Waals surface area contributed by atoms with Crippen molar-refractivity contribution in [1.29, 1.82) is 0 Å². The number of hydrogen-bond acceptors (Lipinski definition) is 2. The van der Waals surface area contributed by atoms with Gasteiger partial charge in [-0.15, -0.1) is 11.6 Å². The molecule has 1 aromatic carbocycles. The fraction of sp³-hybridized carbons (Fsp3) is 0.429. The molecule has 0 unspecified atom stereocenters. The summed E-state index contributed by atoms with van der Waals surface area (Å²) in [5.41, 5.74) is 0.767. The first kappa shape index (κ1) is 16.7. The zero-order chi connectivity index (χ0) is 14.8. The molecule has 0 heterocycles. The average Bonchev–Trinajstić information content (AvgIpc) is 2.38. The predicted octanol–water partition coefficient (Wildman–Crippen LogP) is 3.62. The van der Waals surface area contributed by atoms with Crippen LogP contribution in [0.3, 0.4) is 0 Å². The number of rotatable bonds is 6. The van der Waals surface area contributed by atoms with Crippen LogP contribution in [0.25, 0.3) is 0 Å². The van der Waals surface area contributed by atoms with Gasteiger partial charge in [0.05, 0.1) is 6.61 Å². The minimum absolute atomic E-state index is 0.0502. The van der Waals surface area contributed by atoms with E-state index in [1.807, 2.05) is 6.07 Å². The molecule has 6 heteroatoms. The zero-order valence-corrected chi connectivity index (χ0v) is 11.4. The number of benzene rings is 1. The largest absolute Gasteiger partial charge is 0.491 e. The van der Waals surface area contributed by atoms with Gasteiger partial charge in [0.25, 0.3) is 0 Å². The van der Waals surface area contributed by atoms with E-state index < -0.39 is 12.8 Å². The van der Waals surface area contributed by atoms with Gasteiger partial charge in [0.15, 0.2) is 0 Å². The molecule has 0 atom stereocenters. The van der Waals surface area contributed by atoms with Gasteiger partial charge < -0.3 is 9.47 Å². The monoisotopic (exact) mass is 306 g/mol. The SMILES string of the molecule is FC(F)(F)COCCOc1cccc(C#CCCCl)c1. The standard InChI is InChI=1S/C14H14ClF3O2/c15-7-2-1-4-12-5-3-6-13(10-12)20-9-8-19-11-14(16,17)18/h3,5-6,10H,2,7-9,11H2. The Morgan fingerprint density at radius 3 is 2.70 bits per heavy atom. The van der Waals surface area contributed by atoms with Crippen LogP contribution in [0.4, 0.5) is 13.2 Å². The molecule has 0 aromatic heterocycles. The van der Waals surface area contributed by atoms with Crippen LogP contribution >= 0.6 is 11.6 Å². The van der Waals surface area contributed by atoms with Gasteiger partial charge in [-0.05, 0) is 18.2 Å². The van der Waals surface area contributed by atoms with Crippen LogP contribution in [-0.4, -0.2) is 31.9 Å². The maximum Gasteiger partial charge on any atom is 0.411 e. The maximum absolute atomic E-state index is 11.8. The highest BCUT2D eigenvalue weighted by Crippen LogP contribution is 2.15. The Labute approximate surface area is 120 Å². The molecule has 20 heavy (non-hydrogen) atoms. The average molecular weight is 307 g/mol. The number of alkyl halides is 4. The van der Waals surface area contributed by atoms with E-state index in [1.54, 1.807) is 18.2 Å². The Morgan fingerprint density at radius 1 is 1.20 bits per heavy atom. The number of halogens is 4. The molecular formula is C14H14ClF3O2. The molecule has 1 aromatic rings. The molecule has 0 spiro atoms. The molecule has 1 rings (SSSR count). The van der Waals surface area contributed by atoms with Gasteiger partial charge >= 0.3 is 6.18 Å². The first-order valence-electron chi connectivity index (χ1n) is 5.93. The molecule has 0 aliphatic rings. The first-order valence-corrected chi connectivity index (χ1v) is 6.47. The molecule has 0 aliphatic heterocycles. The van der Waals surface area contributed by atoms with Gasteiger partial charge in [-0.3, -0.25) is 0 Å². The number of ether oxygens (including phenoxy) is 2. The Bertz CT molecular complexity index is 463. The molecule has 0 aliphatic carbocycles. The van der Waals surface area contributed by atoms with Crippen molar-refractivity contribution in [3.8, 4) is 17.6 Å². The molecule has 0 radical (unpaired) electrons. The van der Waals surface area contributed by atoms with Gasteiger partial charge in [0.1, 0.15) is 19.0 Å². The molecule has 0 fully saturated rings. The molecule has 0 amide bonds. The van der Waals surface area contributed by atoms with Crippen LogP contribution in [0.1, 0.15) is 12.0 Å². The summed E-state index contributed by atoms with van der Waals surface area (Å²) >= 11 is 5.51. The highest BCUT2D eigenvalue weighted by Gasteiger charge is 2.27. The van der Waals surface area contributed by atoms with E-state index in [9.17, 15) is 13.2 Å². The van der Waals surface area contributed by atoms with Crippen molar-refractivity contribution in [3.63, 3.8) is 0 Å². The smallest absolute Gasteiger partial charge is 0.411 e. The van der Waals surface area contributed by atoms with Crippen molar-refractivity contribution in [1.82, 2.24) is 0 Å². The van der Waals surface area contributed by atoms with E-state index in [0.717, 1.165) is 5.56 Å². The quantitative estimate of drug-likeness (QED) is 0.454. The molecule has 0 saturated heterocycles. The zero-order valence-electron chi connectivity index (χ0n) is 10.7. The van der Waals surface area contributed by atoms with Gasteiger partial charge in [0.2, 0.25) is 0 Å². The van der Waals surface area contributed by atoms with Crippen molar-refractivity contribution >= 4 is 11.6 Å². The highest BCUT2D eigenvalue weighted by atomic mass is 35.5. The van der Waals surface area contributed by atoms with Crippen molar-refractivity contribution in [3.05, 3.63) is 29.8 Å². The maximum atomic E-state index is 11.8. The van der Waals surface area contributed by atoms with E-state index in [4.69, 9.17) is 16.3 Å². The lowest BCUT2D eigenvalue weighted by Crippen LogP contribution is -2.19. The second kappa shape index (κ2) is 8.72. The van der Waals surface area contributed by atoms with Crippen LogP contribution in [0.2, 0.25) is 0 Å². The van der Waals surface area contributed by atoms with Crippen LogP contribution in [0.15, 0.2) is 24.3 Å². The summed E-state index contributed by atoms with van der Waals surface area (Å²) in [5, 5.41) is 0. The summed E-state index contributed by atoms with van der Waals surface area (Å²) in [5.74, 6) is 6.81. The van der Waals surface area contributed by atoms with Crippen molar-refractivity contribution in [2.75, 3.05) is 25.7 Å². The van der Waals surface area contributed by atoms with E-state index in [2.05, 4.69) is 16.6 Å². The summed E-state index contributed by atoms with van der Waals surface area (Å²) in [6.45, 7) is -1.34. The topological polar surface area (TPSA) is 18.5 Å². The molecule has 0 N–H and O–H groups in total. The third-order valence-electron chi connectivity index (χ3n) is 2.05. The Hall–Kier alpha value is -1.38. The summed E-state index contributed by atoms with van der Waals surface area (Å²) in [6.07, 6.45) is -3.71. The second-order valence-corrected chi connectivity index (χ2v) is 4.16. The molecule has 110 valence electrons. The van der Waals surface area contributed by atoms with E-state index >= 15 is 0 Å². The second-order valence-electron chi connectivity index (χ2n) is 3.78. The minimum Gasteiger partial charge on any atom is -0.491 e. The predicted molar refractivity (Wildman–Crippen MR) is 71.0 cm³/mol. The van der Waals surface area contributed by atoms with Crippen LogP contribution in [0.5, 0.6) is 5.75 Å². The number of hydrogen-bond donors (Lipinski definition) is 0. The molecule has 0 saturated carbocycles. The van der Waals surface area contributed by atoms with Gasteiger partial charge in [-0.1, -0.05) is 17.9 Å². The lowest BCUT2D eigenvalue weighted by molar-refractivity contribution is -0.175. The van der Waals surface area contributed by atoms with E-state index in [0.29, 0.717) is 18.1 Å². The van der Waals surface area contributed by atoms with Crippen molar-refractivity contribution in [2.24, 2.45) is 0 Å². The molecule has 0 bridgehead atoms. The Morgan fingerprint density at radius 2 is 2.00 bits per heavy atom. The van der Waals surface area contributed by atoms with Gasteiger partial charge in [-0.2, -0.15) is 13.2 Å². The lowest BCUT2D eigenvalue weighted by atomic mass is 10.2. The summed E-state index contributed by atoms with van der Waals surface area (Å²) in [7, 11) is 0. The first-order chi connectivity index (χ1) is 9.51. The lowest BCUT2D eigenvalue weighted by Gasteiger charge is -2.09. The van der Waals surface area contributed by atoms with Crippen molar-refractivity contribution in [2.45, 2.75) is 12.6 Å². The summed E-state index contributed by atoms with van der Waals surface area (Å²) in [4.78, 5) is 0. The minimum atomic E-state index is -4.31. The summed E-state index contributed by atoms with van der Waals surface area (Å²) in [6, 6.07) is 6.99. The van der Waals surface area contributed by atoms with Gasteiger partial charge in [-0.25, -0.2) is 0 Å².